The van der Waals surface area contributed by atoms with Crippen molar-refractivity contribution >= 4 is 27.8 Å². The maximum atomic E-state index is 12.1. The molecule has 0 aliphatic carbocycles. The molecular weight excluding hydrogens is 374 g/mol. The number of nitrogens with zero attached hydrogens (tertiary/aromatic N) is 2. The molecule has 156 valence electrons. The molecule has 1 heterocycles. The smallest absolute Gasteiger partial charge is 0.309 e. The third kappa shape index (κ3) is 7.84. The molecular formula is C17H31N3O6S. The molecule has 0 aromatic rings. The van der Waals surface area contributed by atoms with Crippen LogP contribution in [0.15, 0.2) is 0 Å². The second-order valence-electron chi connectivity index (χ2n) is 7.73. The van der Waals surface area contributed by atoms with Crippen molar-refractivity contribution < 1.29 is 27.5 Å². The van der Waals surface area contributed by atoms with Crippen molar-refractivity contribution in [3.05, 3.63) is 0 Å². The minimum absolute atomic E-state index is 0.0335. The predicted molar refractivity (Wildman–Crippen MR) is 100 cm³/mol. The third-order valence-corrected chi connectivity index (χ3v) is 6.09. The molecule has 0 radical (unpaired) electrons. The number of hydrogen-bond donors (Lipinski definition) is 1. The van der Waals surface area contributed by atoms with E-state index in [0.717, 1.165) is 0 Å². The summed E-state index contributed by atoms with van der Waals surface area (Å²) in [4.78, 5) is 37.2. The lowest BCUT2D eigenvalue weighted by Crippen LogP contribution is -2.47. The Hall–Kier alpha value is -1.68. The second-order valence-corrected chi connectivity index (χ2v) is 9.99. The van der Waals surface area contributed by atoms with Gasteiger partial charge in [0, 0.05) is 25.7 Å². The van der Waals surface area contributed by atoms with Crippen LogP contribution in [0.4, 0.5) is 0 Å². The van der Waals surface area contributed by atoms with Gasteiger partial charge in [-0.25, -0.2) is 12.7 Å². The zero-order valence-electron chi connectivity index (χ0n) is 16.8. The molecule has 1 aliphatic heterocycles. The van der Waals surface area contributed by atoms with E-state index in [1.165, 1.54) is 16.3 Å². The van der Waals surface area contributed by atoms with Gasteiger partial charge < -0.3 is 15.0 Å². The first kappa shape index (κ1) is 23.4. The predicted octanol–water partition coefficient (Wildman–Crippen LogP) is -0.0356. The summed E-state index contributed by atoms with van der Waals surface area (Å²) < 4.78 is 30.1. The Bertz CT molecular complexity index is 648. The minimum Gasteiger partial charge on any atom is -0.455 e. The summed E-state index contributed by atoms with van der Waals surface area (Å²) in [7, 11) is -1.78. The van der Waals surface area contributed by atoms with Crippen LogP contribution in [0, 0.1) is 5.92 Å². The highest BCUT2D eigenvalue weighted by molar-refractivity contribution is 7.89. The molecule has 1 rings (SSSR count). The zero-order valence-corrected chi connectivity index (χ0v) is 17.6. The summed E-state index contributed by atoms with van der Waals surface area (Å²) in [6.07, 6.45) is 0.742. The molecule has 0 saturated carbocycles. The summed E-state index contributed by atoms with van der Waals surface area (Å²) >= 11 is 0. The van der Waals surface area contributed by atoms with E-state index < -0.39 is 40.0 Å². The third-order valence-electron chi connectivity index (χ3n) is 4.20. The lowest BCUT2D eigenvalue weighted by Gasteiger charge is -2.29. The fourth-order valence-electron chi connectivity index (χ4n) is 2.67. The number of amides is 2. The topological polar surface area (TPSA) is 113 Å². The Balaban J connectivity index is 2.40. The molecule has 0 aromatic heterocycles. The lowest BCUT2D eigenvalue weighted by molar-refractivity contribution is -0.156. The number of sulfonamides is 1. The SMILES string of the molecule is CCS(=O)(=O)N1CCC(C(=O)OCC(=O)N(C)CC(=O)NC(C)(C)C)CC1. The number of nitrogens with one attached hydrogen (secondary N) is 1. The van der Waals surface area contributed by atoms with Gasteiger partial charge in [0.2, 0.25) is 15.9 Å². The van der Waals surface area contributed by atoms with Crippen LogP contribution in [0.5, 0.6) is 0 Å². The maximum absolute atomic E-state index is 12.1. The average Bonchev–Trinajstić information content (AvgIpc) is 2.57. The molecule has 10 heteroatoms. The normalized spacial score (nSPS) is 16.6. The number of esters is 1. The Morgan fingerprint density at radius 3 is 2.22 bits per heavy atom. The Kier molecular flexibility index (Phi) is 8.22. The van der Waals surface area contributed by atoms with Gasteiger partial charge in [0.25, 0.3) is 5.91 Å². The van der Waals surface area contributed by atoms with Crippen molar-refractivity contribution in [2.45, 2.75) is 46.1 Å². The Labute approximate surface area is 161 Å². The number of piperidine rings is 1. The lowest BCUT2D eigenvalue weighted by atomic mass is 9.98. The number of likely N-dealkylation sites (N-methyl/N-ethyl adjacent to an activating group) is 1. The highest BCUT2D eigenvalue weighted by atomic mass is 32.2. The molecule has 0 unspecified atom stereocenters. The monoisotopic (exact) mass is 405 g/mol. The fourth-order valence-corrected chi connectivity index (χ4v) is 3.81. The summed E-state index contributed by atoms with van der Waals surface area (Å²) in [5, 5.41) is 2.75. The van der Waals surface area contributed by atoms with Gasteiger partial charge in [0.05, 0.1) is 18.2 Å². The molecule has 0 atom stereocenters. The van der Waals surface area contributed by atoms with Crippen LogP contribution in [0.25, 0.3) is 0 Å². The molecule has 27 heavy (non-hydrogen) atoms. The van der Waals surface area contributed by atoms with Crippen LogP contribution in [0.3, 0.4) is 0 Å². The van der Waals surface area contributed by atoms with Gasteiger partial charge in [-0.1, -0.05) is 0 Å². The highest BCUT2D eigenvalue weighted by Crippen LogP contribution is 2.21. The van der Waals surface area contributed by atoms with Gasteiger partial charge >= 0.3 is 5.97 Å². The molecule has 0 spiro atoms. The van der Waals surface area contributed by atoms with Gasteiger partial charge in [-0.2, -0.15) is 0 Å². The Morgan fingerprint density at radius 2 is 1.74 bits per heavy atom. The minimum atomic E-state index is -3.25. The molecule has 1 aliphatic rings. The van der Waals surface area contributed by atoms with E-state index in [9.17, 15) is 22.8 Å². The molecule has 9 nitrogen and oxygen atoms in total. The van der Waals surface area contributed by atoms with Crippen molar-refractivity contribution in [2.75, 3.05) is 39.0 Å². The molecule has 0 aromatic carbocycles. The van der Waals surface area contributed by atoms with Crippen molar-refractivity contribution in [3.63, 3.8) is 0 Å². The molecule has 0 bridgehead atoms. The van der Waals surface area contributed by atoms with Crippen LogP contribution in [-0.2, 0) is 29.1 Å². The maximum Gasteiger partial charge on any atom is 0.309 e. The van der Waals surface area contributed by atoms with E-state index in [-0.39, 0.29) is 31.3 Å². The van der Waals surface area contributed by atoms with E-state index in [1.54, 1.807) is 6.92 Å². The van der Waals surface area contributed by atoms with E-state index >= 15 is 0 Å². The number of hydrogen-bond acceptors (Lipinski definition) is 6. The zero-order chi connectivity index (χ0) is 20.8. The standard InChI is InChI=1S/C17H31N3O6S/c1-6-27(24,25)20-9-7-13(8-10-20)16(23)26-12-15(22)19(5)11-14(21)18-17(2,3)4/h13H,6-12H2,1-5H3,(H,18,21). The van der Waals surface area contributed by atoms with Crippen LogP contribution in [0.1, 0.15) is 40.5 Å². The molecule has 1 N–H and O–H groups in total. The number of carbonyl (C=O) groups excluding carboxylic acids is 3. The first-order valence-corrected chi connectivity index (χ1v) is 10.7. The first-order chi connectivity index (χ1) is 12.4. The summed E-state index contributed by atoms with van der Waals surface area (Å²) in [5.74, 6) is -1.67. The van der Waals surface area contributed by atoms with Crippen LogP contribution in [0.2, 0.25) is 0 Å². The van der Waals surface area contributed by atoms with E-state index in [0.29, 0.717) is 12.8 Å². The van der Waals surface area contributed by atoms with Crippen molar-refractivity contribution in [2.24, 2.45) is 5.92 Å². The Morgan fingerprint density at radius 1 is 1.19 bits per heavy atom. The number of carbonyl (C=O) groups is 3. The van der Waals surface area contributed by atoms with Crippen molar-refractivity contribution in [1.82, 2.24) is 14.5 Å². The van der Waals surface area contributed by atoms with E-state index in [4.69, 9.17) is 4.74 Å². The van der Waals surface area contributed by atoms with Crippen molar-refractivity contribution in [3.8, 4) is 0 Å². The van der Waals surface area contributed by atoms with E-state index in [1.807, 2.05) is 20.8 Å². The quantitative estimate of drug-likeness (QED) is 0.595. The van der Waals surface area contributed by atoms with Gasteiger partial charge in [-0.05, 0) is 40.5 Å². The van der Waals surface area contributed by atoms with Crippen molar-refractivity contribution in [1.29, 1.82) is 0 Å². The average molecular weight is 406 g/mol. The first-order valence-electron chi connectivity index (χ1n) is 9.05. The number of rotatable bonds is 7. The molecule has 2 amide bonds. The fraction of sp³-hybridized carbons (Fsp3) is 0.824. The number of ether oxygens (including phenoxy) is 1. The van der Waals surface area contributed by atoms with Crippen LogP contribution >= 0.6 is 0 Å². The molecule has 1 fully saturated rings. The van der Waals surface area contributed by atoms with Crippen LogP contribution < -0.4 is 5.32 Å². The second kappa shape index (κ2) is 9.50. The summed E-state index contributed by atoms with van der Waals surface area (Å²) in [6.45, 7) is 7.09. The van der Waals surface area contributed by atoms with Crippen LogP contribution in [-0.4, -0.2) is 80.0 Å². The van der Waals surface area contributed by atoms with E-state index in [2.05, 4.69) is 5.32 Å². The summed E-state index contributed by atoms with van der Waals surface area (Å²) in [6, 6.07) is 0. The highest BCUT2D eigenvalue weighted by Gasteiger charge is 2.31. The summed E-state index contributed by atoms with van der Waals surface area (Å²) in [5.41, 5.74) is -0.395. The van der Waals surface area contributed by atoms with Gasteiger partial charge in [0.1, 0.15) is 0 Å². The molecule has 1 saturated heterocycles. The van der Waals surface area contributed by atoms with Gasteiger partial charge in [-0.3, -0.25) is 14.4 Å². The largest absolute Gasteiger partial charge is 0.455 e. The van der Waals surface area contributed by atoms with Gasteiger partial charge in [-0.15, -0.1) is 0 Å². The van der Waals surface area contributed by atoms with Gasteiger partial charge in [0.15, 0.2) is 6.61 Å².